The van der Waals surface area contributed by atoms with Crippen LogP contribution in [0.2, 0.25) is 0 Å². The maximum absolute atomic E-state index is 9.31. The normalized spacial score (nSPS) is 9.08. The highest BCUT2D eigenvalue weighted by atomic mass is 16.3. The Kier molecular flexibility index (Phi) is 3.23. The van der Waals surface area contributed by atoms with Gasteiger partial charge in [-0.2, -0.15) is 0 Å². The summed E-state index contributed by atoms with van der Waals surface area (Å²) in [6.07, 6.45) is 1.67. The van der Waals surface area contributed by atoms with Crippen molar-refractivity contribution in [2.75, 3.05) is 7.11 Å². The quantitative estimate of drug-likeness (QED) is 0.642. The molecular weight excluding hydrogens is 166 g/mol. The Morgan fingerprint density at radius 1 is 1.08 bits per heavy atom. The molecule has 0 spiro atoms. The highest BCUT2D eigenvalue weighted by Gasteiger charge is 1.96. The number of rotatable bonds is 0. The maximum atomic E-state index is 9.31. The number of aliphatic hydroxyl groups is 1. The summed E-state index contributed by atoms with van der Waals surface area (Å²) in [5.41, 5.74) is 0.662. The third-order valence-corrected chi connectivity index (χ3v) is 1.61. The molecule has 0 unspecified atom stereocenters. The van der Waals surface area contributed by atoms with Crippen molar-refractivity contribution in [1.29, 1.82) is 0 Å². The van der Waals surface area contributed by atoms with Gasteiger partial charge in [-0.05, 0) is 12.1 Å². The van der Waals surface area contributed by atoms with E-state index in [-0.39, 0.29) is 5.75 Å². The van der Waals surface area contributed by atoms with Crippen LogP contribution in [0.1, 0.15) is 0 Å². The van der Waals surface area contributed by atoms with Crippen LogP contribution >= 0.6 is 0 Å². The van der Waals surface area contributed by atoms with Gasteiger partial charge in [0, 0.05) is 18.7 Å². The van der Waals surface area contributed by atoms with E-state index in [1.54, 1.807) is 18.3 Å². The number of phenolic OH excluding ortho intramolecular Hbond substituents is 1. The van der Waals surface area contributed by atoms with Crippen LogP contribution in [0.4, 0.5) is 0 Å². The van der Waals surface area contributed by atoms with Gasteiger partial charge in [0.25, 0.3) is 0 Å². The predicted octanol–water partition coefficient (Wildman–Crippen LogP) is 1.55. The van der Waals surface area contributed by atoms with Crippen LogP contribution in [-0.2, 0) is 0 Å². The number of aromatic hydroxyl groups is 1. The highest BCUT2D eigenvalue weighted by molar-refractivity contribution is 5.83. The summed E-state index contributed by atoms with van der Waals surface area (Å²) in [4.78, 5) is 4.03. The zero-order valence-electron chi connectivity index (χ0n) is 7.31. The number of hydrogen-bond donors (Lipinski definition) is 2. The van der Waals surface area contributed by atoms with Gasteiger partial charge in [-0.15, -0.1) is 0 Å². The van der Waals surface area contributed by atoms with Crippen molar-refractivity contribution in [1.82, 2.24) is 4.98 Å². The van der Waals surface area contributed by atoms with E-state index < -0.39 is 0 Å². The van der Waals surface area contributed by atoms with Crippen molar-refractivity contribution in [3.63, 3.8) is 0 Å². The molecule has 2 N–H and O–H groups in total. The molecule has 3 heteroatoms. The van der Waals surface area contributed by atoms with Gasteiger partial charge in [-0.1, -0.05) is 18.2 Å². The van der Waals surface area contributed by atoms with E-state index in [1.165, 1.54) is 0 Å². The Hall–Kier alpha value is -1.61. The van der Waals surface area contributed by atoms with Crippen molar-refractivity contribution >= 4 is 10.9 Å². The number of benzene rings is 1. The molecule has 68 valence electrons. The molecule has 0 aliphatic carbocycles. The number of aliphatic hydroxyl groups excluding tert-OH is 1. The smallest absolute Gasteiger partial charge is 0.141 e. The number of para-hydroxylation sites is 1. The summed E-state index contributed by atoms with van der Waals surface area (Å²) in [7, 11) is 1.00. The molecule has 0 radical (unpaired) electrons. The molecule has 0 aliphatic heterocycles. The van der Waals surface area contributed by atoms with Gasteiger partial charge in [-0.3, -0.25) is 4.98 Å². The maximum Gasteiger partial charge on any atom is 0.141 e. The predicted molar refractivity (Wildman–Crippen MR) is 51.6 cm³/mol. The second kappa shape index (κ2) is 4.42. The standard InChI is InChI=1S/C9H7NO.CH4O/c11-8-5-1-3-7-4-2-6-10-9(7)8;1-2/h1-6,11H;2H,1H3. The molecule has 0 saturated heterocycles. The molecule has 0 atom stereocenters. The van der Waals surface area contributed by atoms with E-state index in [1.807, 2.05) is 18.2 Å². The number of nitrogens with zero attached hydrogens (tertiary/aromatic N) is 1. The Morgan fingerprint density at radius 2 is 1.77 bits per heavy atom. The largest absolute Gasteiger partial charge is 0.506 e. The monoisotopic (exact) mass is 177 g/mol. The number of hydrogen-bond acceptors (Lipinski definition) is 3. The lowest BCUT2D eigenvalue weighted by Crippen LogP contribution is -1.76. The Labute approximate surface area is 76.3 Å². The van der Waals surface area contributed by atoms with Crippen LogP contribution in [0.3, 0.4) is 0 Å². The zero-order valence-corrected chi connectivity index (χ0v) is 7.31. The van der Waals surface area contributed by atoms with Crippen LogP contribution in [0.25, 0.3) is 10.9 Å². The number of phenols is 1. The minimum absolute atomic E-state index is 0.239. The van der Waals surface area contributed by atoms with Crippen molar-refractivity contribution in [3.8, 4) is 5.75 Å². The van der Waals surface area contributed by atoms with E-state index in [2.05, 4.69) is 4.98 Å². The molecule has 3 nitrogen and oxygen atoms in total. The topological polar surface area (TPSA) is 53.4 Å². The first-order valence-corrected chi connectivity index (χ1v) is 3.85. The Bertz CT molecular complexity index is 382. The fourth-order valence-corrected chi connectivity index (χ4v) is 1.09. The molecule has 0 aliphatic rings. The second-order valence-electron chi connectivity index (χ2n) is 2.35. The van der Waals surface area contributed by atoms with E-state index in [4.69, 9.17) is 5.11 Å². The average molecular weight is 177 g/mol. The van der Waals surface area contributed by atoms with Crippen molar-refractivity contribution in [2.45, 2.75) is 0 Å². The van der Waals surface area contributed by atoms with Gasteiger partial charge in [0.1, 0.15) is 11.3 Å². The summed E-state index contributed by atoms with van der Waals surface area (Å²) in [5, 5.41) is 17.3. The van der Waals surface area contributed by atoms with Gasteiger partial charge in [0.15, 0.2) is 0 Å². The molecule has 1 aromatic carbocycles. The van der Waals surface area contributed by atoms with Crippen molar-refractivity contribution in [3.05, 3.63) is 36.5 Å². The minimum atomic E-state index is 0.239. The first-order valence-electron chi connectivity index (χ1n) is 3.85. The van der Waals surface area contributed by atoms with Crippen LogP contribution in [0, 0.1) is 0 Å². The summed E-state index contributed by atoms with van der Waals surface area (Å²) in [5.74, 6) is 0.239. The van der Waals surface area contributed by atoms with Crippen LogP contribution in [-0.4, -0.2) is 22.3 Å². The van der Waals surface area contributed by atoms with Crippen LogP contribution < -0.4 is 0 Å². The lowest BCUT2D eigenvalue weighted by Gasteiger charge is -1.96. The van der Waals surface area contributed by atoms with Gasteiger partial charge >= 0.3 is 0 Å². The Morgan fingerprint density at radius 3 is 2.46 bits per heavy atom. The summed E-state index contributed by atoms with van der Waals surface area (Å²) < 4.78 is 0. The third kappa shape index (κ3) is 1.95. The zero-order chi connectivity index (χ0) is 9.68. The molecule has 0 saturated carbocycles. The molecule has 0 fully saturated rings. The summed E-state index contributed by atoms with van der Waals surface area (Å²) >= 11 is 0. The Balaban J connectivity index is 0.000000396. The molecule has 2 rings (SSSR count). The SMILES string of the molecule is CO.Oc1cccc2cccnc12. The second-order valence-corrected chi connectivity index (χ2v) is 2.35. The van der Waals surface area contributed by atoms with Gasteiger partial charge in [-0.25, -0.2) is 0 Å². The van der Waals surface area contributed by atoms with E-state index in [0.29, 0.717) is 5.52 Å². The lowest BCUT2D eigenvalue weighted by molar-refractivity contribution is 0.399. The highest BCUT2D eigenvalue weighted by Crippen LogP contribution is 2.20. The summed E-state index contributed by atoms with van der Waals surface area (Å²) in [6, 6.07) is 9.13. The molecule has 2 aromatic rings. The van der Waals surface area contributed by atoms with Crippen LogP contribution in [0.15, 0.2) is 36.5 Å². The fraction of sp³-hybridized carbons (Fsp3) is 0.100. The number of aromatic nitrogens is 1. The van der Waals surface area contributed by atoms with Gasteiger partial charge < -0.3 is 10.2 Å². The fourth-order valence-electron chi connectivity index (χ4n) is 1.09. The molecule has 0 amide bonds. The number of pyridine rings is 1. The lowest BCUT2D eigenvalue weighted by atomic mass is 10.2. The molecule has 1 heterocycles. The first kappa shape index (κ1) is 9.48. The molecular formula is C10H11NO2. The number of fused-ring (bicyclic) bond motifs is 1. The molecule has 13 heavy (non-hydrogen) atoms. The minimum Gasteiger partial charge on any atom is -0.506 e. The van der Waals surface area contributed by atoms with Crippen molar-refractivity contribution in [2.24, 2.45) is 0 Å². The first-order chi connectivity index (χ1) is 6.38. The van der Waals surface area contributed by atoms with E-state index >= 15 is 0 Å². The third-order valence-electron chi connectivity index (χ3n) is 1.61. The van der Waals surface area contributed by atoms with E-state index in [0.717, 1.165) is 12.5 Å². The molecule has 0 bridgehead atoms. The van der Waals surface area contributed by atoms with Gasteiger partial charge in [0.05, 0.1) is 0 Å². The van der Waals surface area contributed by atoms with Gasteiger partial charge in [0.2, 0.25) is 0 Å². The van der Waals surface area contributed by atoms with E-state index in [9.17, 15) is 5.11 Å². The van der Waals surface area contributed by atoms with Crippen molar-refractivity contribution < 1.29 is 10.2 Å². The van der Waals surface area contributed by atoms with Crippen LogP contribution in [0.5, 0.6) is 5.75 Å². The summed E-state index contributed by atoms with van der Waals surface area (Å²) in [6.45, 7) is 0. The average Bonchev–Trinajstić information content (AvgIpc) is 2.22. The molecule has 1 aromatic heterocycles.